The molecule has 0 radical (unpaired) electrons. The first kappa shape index (κ1) is 14.6. The van der Waals surface area contributed by atoms with Crippen molar-refractivity contribution in [3.63, 3.8) is 0 Å². The third-order valence-electron chi connectivity index (χ3n) is 2.63. The van der Waals surface area contributed by atoms with Crippen molar-refractivity contribution in [3.05, 3.63) is 16.4 Å². The summed E-state index contributed by atoms with van der Waals surface area (Å²) in [6.45, 7) is 4.76. The Labute approximate surface area is 110 Å². The summed E-state index contributed by atoms with van der Waals surface area (Å²) >= 11 is 3.33. The van der Waals surface area contributed by atoms with Crippen LogP contribution in [0.15, 0.2) is 10.7 Å². The van der Waals surface area contributed by atoms with Gasteiger partial charge in [0.15, 0.2) is 0 Å². The summed E-state index contributed by atoms with van der Waals surface area (Å²) in [5.41, 5.74) is 0.586. The van der Waals surface area contributed by atoms with Crippen molar-refractivity contribution in [1.82, 2.24) is 9.78 Å². The van der Waals surface area contributed by atoms with E-state index in [1.165, 1.54) is 0 Å². The zero-order valence-electron chi connectivity index (χ0n) is 10.3. The smallest absolute Gasteiger partial charge is 0.123 e. The first-order valence-electron chi connectivity index (χ1n) is 5.55. The molecule has 0 aromatic carbocycles. The lowest BCUT2D eigenvalue weighted by Crippen LogP contribution is -2.27. The number of hydrogen-bond donors (Lipinski definition) is 2. The number of rotatable bonds is 6. The molecule has 0 bridgehead atoms. The maximum atomic E-state index is 10.1. The standard InChI is InChI=1S/C11H19BrN2O3/c1-7(2)10(15)11(16)9-8(12)6-13-14(9)4-5-17-3/h6-7,10-11,15-16H,4-5H2,1-3H3. The van der Waals surface area contributed by atoms with Gasteiger partial charge in [-0.3, -0.25) is 4.68 Å². The molecule has 0 amide bonds. The predicted molar refractivity (Wildman–Crippen MR) is 67.6 cm³/mol. The highest BCUT2D eigenvalue weighted by atomic mass is 79.9. The molecule has 1 heterocycles. The Balaban J connectivity index is 2.91. The van der Waals surface area contributed by atoms with Crippen LogP contribution in [0, 0.1) is 5.92 Å². The minimum atomic E-state index is -0.955. The van der Waals surface area contributed by atoms with Gasteiger partial charge in [0.25, 0.3) is 0 Å². The number of ether oxygens (including phenoxy) is 1. The van der Waals surface area contributed by atoms with Crippen LogP contribution in [0.1, 0.15) is 25.6 Å². The molecule has 98 valence electrons. The average molecular weight is 307 g/mol. The van der Waals surface area contributed by atoms with Gasteiger partial charge in [0, 0.05) is 7.11 Å². The van der Waals surface area contributed by atoms with Gasteiger partial charge in [-0.1, -0.05) is 13.8 Å². The molecule has 0 saturated heterocycles. The quantitative estimate of drug-likeness (QED) is 0.832. The fourth-order valence-corrected chi connectivity index (χ4v) is 2.08. The van der Waals surface area contributed by atoms with Gasteiger partial charge in [-0.2, -0.15) is 5.10 Å². The molecule has 1 aromatic heterocycles. The van der Waals surface area contributed by atoms with Crippen molar-refractivity contribution >= 4 is 15.9 Å². The monoisotopic (exact) mass is 306 g/mol. The number of nitrogens with zero attached hydrogens (tertiary/aromatic N) is 2. The van der Waals surface area contributed by atoms with E-state index in [1.54, 1.807) is 18.0 Å². The molecule has 0 aliphatic rings. The first-order valence-corrected chi connectivity index (χ1v) is 6.34. The summed E-state index contributed by atoms with van der Waals surface area (Å²) < 4.78 is 7.32. The molecule has 1 aromatic rings. The number of hydrogen-bond acceptors (Lipinski definition) is 4. The number of methoxy groups -OCH3 is 1. The first-order chi connectivity index (χ1) is 7.99. The lowest BCUT2D eigenvalue weighted by Gasteiger charge is -2.22. The fourth-order valence-electron chi connectivity index (χ4n) is 1.55. The van der Waals surface area contributed by atoms with Crippen molar-refractivity contribution in [2.75, 3.05) is 13.7 Å². The summed E-state index contributed by atoms with van der Waals surface area (Å²) in [6, 6.07) is 0. The molecule has 0 saturated carbocycles. The molecular weight excluding hydrogens is 288 g/mol. The molecule has 0 spiro atoms. The van der Waals surface area contributed by atoms with Gasteiger partial charge < -0.3 is 14.9 Å². The number of halogens is 1. The largest absolute Gasteiger partial charge is 0.390 e. The minimum absolute atomic E-state index is 0.0253. The molecule has 0 aliphatic heterocycles. The van der Waals surface area contributed by atoms with Gasteiger partial charge in [0.1, 0.15) is 6.10 Å². The lowest BCUT2D eigenvalue weighted by atomic mass is 10.00. The van der Waals surface area contributed by atoms with E-state index in [2.05, 4.69) is 21.0 Å². The molecule has 2 unspecified atom stereocenters. The molecule has 0 fully saturated rings. The van der Waals surface area contributed by atoms with Crippen molar-refractivity contribution < 1.29 is 14.9 Å². The molecule has 17 heavy (non-hydrogen) atoms. The van der Waals surface area contributed by atoms with Gasteiger partial charge in [0.2, 0.25) is 0 Å². The maximum absolute atomic E-state index is 10.1. The second-order valence-corrected chi connectivity index (χ2v) is 5.13. The van der Waals surface area contributed by atoms with Crippen LogP contribution >= 0.6 is 15.9 Å². The number of aromatic nitrogens is 2. The van der Waals surface area contributed by atoms with Crippen molar-refractivity contribution in [3.8, 4) is 0 Å². The molecule has 0 aliphatic carbocycles. The van der Waals surface area contributed by atoms with Crippen LogP contribution in [0.4, 0.5) is 0 Å². The molecular formula is C11H19BrN2O3. The van der Waals surface area contributed by atoms with E-state index < -0.39 is 12.2 Å². The zero-order chi connectivity index (χ0) is 13.0. The van der Waals surface area contributed by atoms with Crippen LogP contribution in [0.3, 0.4) is 0 Å². The van der Waals surface area contributed by atoms with Crippen LogP contribution in [0.5, 0.6) is 0 Å². The summed E-state index contributed by atoms with van der Waals surface area (Å²) in [4.78, 5) is 0. The van der Waals surface area contributed by atoms with Crippen LogP contribution in [-0.2, 0) is 11.3 Å². The number of aliphatic hydroxyl groups excluding tert-OH is 2. The Kier molecular flexibility index (Phi) is 5.58. The van der Waals surface area contributed by atoms with Crippen molar-refractivity contribution in [2.24, 2.45) is 5.92 Å². The third-order valence-corrected chi connectivity index (χ3v) is 3.24. The molecule has 2 N–H and O–H groups in total. The fraction of sp³-hybridized carbons (Fsp3) is 0.727. The predicted octanol–water partition coefficient (Wildman–Crippen LogP) is 1.34. The SMILES string of the molecule is COCCn1ncc(Br)c1C(O)C(O)C(C)C. The molecule has 1 rings (SSSR count). The highest BCUT2D eigenvalue weighted by Gasteiger charge is 2.26. The summed E-state index contributed by atoms with van der Waals surface area (Å²) in [6.07, 6.45) is -0.158. The molecule has 2 atom stereocenters. The lowest BCUT2D eigenvalue weighted by molar-refractivity contribution is -0.0149. The van der Waals surface area contributed by atoms with E-state index >= 15 is 0 Å². The molecule has 6 heteroatoms. The van der Waals surface area contributed by atoms with Crippen molar-refractivity contribution in [2.45, 2.75) is 32.6 Å². The Morgan fingerprint density at radius 2 is 2.12 bits per heavy atom. The van der Waals surface area contributed by atoms with Crippen molar-refractivity contribution in [1.29, 1.82) is 0 Å². The molecule has 5 nitrogen and oxygen atoms in total. The van der Waals surface area contributed by atoms with E-state index in [1.807, 2.05) is 13.8 Å². The third kappa shape index (κ3) is 3.51. The maximum Gasteiger partial charge on any atom is 0.123 e. The number of aliphatic hydroxyl groups is 2. The van der Waals surface area contributed by atoms with Crippen LogP contribution < -0.4 is 0 Å². The van der Waals surface area contributed by atoms with Crippen LogP contribution in [0.2, 0.25) is 0 Å². The summed E-state index contributed by atoms with van der Waals surface area (Å²) in [5, 5.41) is 24.2. The highest BCUT2D eigenvalue weighted by Crippen LogP contribution is 2.28. The van der Waals surface area contributed by atoms with E-state index in [0.717, 1.165) is 0 Å². The normalized spacial score (nSPS) is 15.2. The van der Waals surface area contributed by atoms with E-state index in [-0.39, 0.29) is 5.92 Å². The summed E-state index contributed by atoms with van der Waals surface area (Å²) in [7, 11) is 1.61. The van der Waals surface area contributed by atoms with Gasteiger partial charge in [0.05, 0.1) is 35.6 Å². The van der Waals surface area contributed by atoms with Gasteiger partial charge in [-0.15, -0.1) is 0 Å². The van der Waals surface area contributed by atoms with E-state index in [0.29, 0.717) is 23.3 Å². The van der Waals surface area contributed by atoms with Gasteiger partial charge in [-0.05, 0) is 21.8 Å². The Hall–Kier alpha value is -0.430. The topological polar surface area (TPSA) is 67.5 Å². The van der Waals surface area contributed by atoms with Gasteiger partial charge in [-0.25, -0.2) is 0 Å². The Bertz CT molecular complexity index is 354. The second kappa shape index (κ2) is 6.49. The average Bonchev–Trinajstić information content (AvgIpc) is 2.65. The van der Waals surface area contributed by atoms with Crippen LogP contribution in [0.25, 0.3) is 0 Å². The minimum Gasteiger partial charge on any atom is -0.390 e. The Morgan fingerprint density at radius 3 is 2.65 bits per heavy atom. The van der Waals surface area contributed by atoms with Crippen LogP contribution in [-0.4, -0.2) is 39.8 Å². The van der Waals surface area contributed by atoms with Gasteiger partial charge >= 0.3 is 0 Å². The Morgan fingerprint density at radius 1 is 1.47 bits per heavy atom. The zero-order valence-corrected chi connectivity index (χ0v) is 11.9. The summed E-state index contributed by atoms with van der Waals surface area (Å²) in [5.74, 6) is -0.0253. The van der Waals surface area contributed by atoms with E-state index in [9.17, 15) is 10.2 Å². The highest BCUT2D eigenvalue weighted by molar-refractivity contribution is 9.10. The van der Waals surface area contributed by atoms with E-state index in [4.69, 9.17) is 4.74 Å². The second-order valence-electron chi connectivity index (χ2n) is 4.27.